The van der Waals surface area contributed by atoms with Crippen molar-refractivity contribution in [1.82, 2.24) is 4.98 Å². The van der Waals surface area contributed by atoms with Gasteiger partial charge in [0.25, 0.3) is 0 Å². The maximum absolute atomic E-state index is 12.8. The fourth-order valence-corrected chi connectivity index (χ4v) is 4.44. The van der Waals surface area contributed by atoms with E-state index in [4.69, 9.17) is 4.74 Å². The highest BCUT2D eigenvalue weighted by Gasteiger charge is 2.30. The number of H-pyrrole nitrogens is 1. The first-order chi connectivity index (χ1) is 11.5. The van der Waals surface area contributed by atoms with Crippen LogP contribution in [0.1, 0.15) is 17.4 Å². The molecule has 0 saturated carbocycles. The molecule has 2 aromatic carbocycles. The molecule has 0 spiro atoms. The second kappa shape index (κ2) is 5.10. The Morgan fingerprint density at radius 2 is 1.88 bits per heavy atom. The number of rotatable bonds is 2. The molecule has 24 heavy (non-hydrogen) atoms. The summed E-state index contributed by atoms with van der Waals surface area (Å²) in [6.45, 7) is 2.00. The quantitative estimate of drug-likeness (QED) is 0.546. The first kappa shape index (κ1) is 14.8. The van der Waals surface area contributed by atoms with Gasteiger partial charge in [0.2, 0.25) is 9.84 Å². The van der Waals surface area contributed by atoms with Crippen LogP contribution < -0.4 is 5.32 Å². The van der Waals surface area contributed by atoms with Crippen molar-refractivity contribution in [2.75, 3.05) is 11.9 Å². The fraction of sp³-hybridized carbons (Fsp3) is 0.118. The molecule has 0 saturated heterocycles. The highest BCUT2D eigenvalue weighted by atomic mass is 32.2. The Hall–Kier alpha value is -2.80. The van der Waals surface area contributed by atoms with Gasteiger partial charge in [-0.05, 0) is 37.3 Å². The smallest absolute Gasteiger partial charge is 0.354 e. The number of nitrogens with one attached hydrogen (secondary N) is 2. The lowest BCUT2D eigenvalue weighted by Crippen LogP contribution is -2.13. The minimum Gasteiger partial charge on any atom is -0.461 e. The summed E-state index contributed by atoms with van der Waals surface area (Å²) in [6.07, 6.45) is 0. The average Bonchev–Trinajstić information content (AvgIpc) is 2.97. The van der Waals surface area contributed by atoms with Gasteiger partial charge in [-0.15, -0.1) is 0 Å². The number of hydrogen-bond donors (Lipinski definition) is 2. The molecule has 0 radical (unpaired) electrons. The molecule has 4 rings (SSSR count). The van der Waals surface area contributed by atoms with Gasteiger partial charge in [0, 0.05) is 10.9 Å². The third-order valence-corrected chi connectivity index (χ3v) is 5.80. The Morgan fingerprint density at radius 3 is 2.67 bits per heavy atom. The van der Waals surface area contributed by atoms with Crippen LogP contribution in [-0.2, 0) is 14.6 Å². The van der Waals surface area contributed by atoms with E-state index in [0.717, 1.165) is 5.39 Å². The van der Waals surface area contributed by atoms with E-state index in [-0.39, 0.29) is 16.4 Å². The summed E-state index contributed by atoms with van der Waals surface area (Å²) in [7, 11) is -3.61. The van der Waals surface area contributed by atoms with Crippen LogP contribution in [0.4, 0.5) is 11.4 Å². The lowest BCUT2D eigenvalue weighted by molar-refractivity contribution is 0.0520. The zero-order valence-corrected chi connectivity index (χ0v) is 13.6. The summed E-state index contributed by atoms with van der Waals surface area (Å²) in [5, 5.41) is 3.88. The molecular formula is C17H14N2O4S. The number of ether oxygens (including phenoxy) is 1. The van der Waals surface area contributed by atoms with Crippen molar-refractivity contribution in [1.29, 1.82) is 0 Å². The molecule has 3 aromatic rings. The molecule has 0 aliphatic carbocycles. The van der Waals surface area contributed by atoms with Crippen molar-refractivity contribution in [3.8, 4) is 0 Å². The van der Waals surface area contributed by atoms with E-state index < -0.39 is 15.8 Å². The van der Waals surface area contributed by atoms with Gasteiger partial charge in [-0.1, -0.05) is 12.1 Å². The molecule has 7 heteroatoms. The van der Waals surface area contributed by atoms with Crippen molar-refractivity contribution >= 4 is 38.1 Å². The fourth-order valence-electron chi connectivity index (χ4n) is 2.87. The normalized spacial score (nSPS) is 14.5. The van der Waals surface area contributed by atoms with Crippen LogP contribution in [0.15, 0.2) is 52.3 Å². The molecule has 6 nitrogen and oxygen atoms in total. The number of fused-ring (bicyclic) bond motifs is 3. The topological polar surface area (TPSA) is 88.3 Å². The maximum Gasteiger partial charge on any atom is 0.354 e. The van der Waals surface area contributed by atoms with Crippen LogP contribution in [0.5, 0.6) is 0 Å². The Labute approximate surface area is 138 Å². The minimum atomic E-state index is -3.61. The average molecular weight is 342 g/mol. The molecule has 1 aliphatic rings. The van der Waals surface area contributed by atoms with Crippen molar-refractivity contribution < 1.29 is 17.9 Å². The van der Waals surface area contributed by atoms with Gasteiger partial charge in [-0.2, -0.15) is 0 Å². The number of esters is 1. The van der Waals surface area contributed by atoms with Gasteiger partial charge < -0.3 is 15.0 Å². The SMILES string of the molecule is CCOC(=O)c1cc2cc3c(cc2[nH]1)S(=O)(=O)c1ccccc1N3. The Bertz CT molecular complexity index is 1080. The van der Waals surface area contributed by atoms with Crippen LogP contribution >= 0.6 is 0 Å². The molecule has 0 fully saturated rings. The van der Waals surface area contributed by atoms with Crippen molar-refractivity contribution in [3.05, 3.63) is 48.2 Å². The summed E-state index contributed by atoms with van der Waals surface area (Å²) >= 11 is 0. The molecule has 0 amide bonds. The van der Waals surface area contributed by atoms with Crippen LogP contribution in [0, 0.1) is 0 Å². The highest BCUT2D eigenvalue weighted by Crippen LogP contribution is 2.41. The molecule has 0 atom stereocenters. The van der Waals surface area contributed by atoms with E-state index in [2.05, 4.69) is 10.3 Å². The van der Waals surface area contributed by atoms with Gasteiger partial charge in [0.15, 0.2) is 0 Å². The van der Waals surface area contributed by atoms with E-state index in [9.17, 15) is 13.2 Å². The van der Waals surface area contributed by atoms with E-state index in [0.29, 0.717) is 22.6 Å². The summed E-state index contributed by atoms with van der Waals surface area (Å²) in [6, 6.07) is 11.7. The number of para-hydroxylation sites is 1. The van der Waals surface area contributed by atoms with E-state index in [1.165, 1.54) is 0 Å². The van der Waals surface area contributed by atoms with Gasteiger partial charge in [-0.25, -0.2) is 13.2 Å². The number of aromatic nitrogens is 1. The third kappa shape index (κ3) is 2.09. The zero-order chi connectivity index (χ0) is 16.9. The van der Waals surface area contributed by atoms with Gasteiger partial charge in [0.1, 0.15) is 5.69 Å². The lowest BCUT2D eigenvalue weighted by atomic mass is 10.2. The number of aromatic amines is 1. The molecule has 0 unspecified atom stereocenters. The molecule has 122 valence electrons. The predicted molar refractivity (Wildman–Crippen MR) is 89.4 cm³/mol. The van der Waals surface area contributed by atoms with E-state index in [1.54, 1.807) is 49.4 Å². The predicted octanol–water partition coefficient (Wildman–Crippen LogP) is 3.23. The first-order valence-corrected chi connectivity index (χ1v) is 8.94. The molecule has 2 heterocycles. The number of anilines is 2. The second-order valence-corrected chi connectivity index (χ2v) is 7.35. The van der Waals surface area contributed by atoms with Crippen molar-refractivity contribution in [2.45, 2.75) is 16.7 Å². The number of carbonyl (C=O) groups excluding carboxylic acids is 1. The number of sulfone groups is 1. The summed E-state index contributed by atoms with van der Waals surface area (Å²) in [5.41, 5.74) is 1.91. The van der Waals surface area contributed by atoms with Gasteiger partial charge >= 0.3 is 5.97 Å². The number of hydrogen-bond acceptors (Lipinski definition) is 5. The lowest BCUT2D eigenvalue weighted by Gasteiger charge is -2.21. The molecule has 1 aliphatic heterocycles. The molecule has 0 bridgehead atoms. The maximum atomic E-state index is 12.8. The zero-order valence-electron chi connectivity index (χ0n) is 12.8. The molecular weight excluding hydrogens is 328 g/mol. The summed E-state index contributed by atoms with van der Waals surface area (Å²) < 4.78 is 30.6. The van der Waals surface area contributed by atoms with Crippen molar-refractivity contribution in [2.24, 2.45) is 0 Å². The van der Waals surface area contributed by atoms with Gasteiger partial charge in [-0.3, -0.25) is 0 Å². The van der Waals surface area contributed by atoms with Crippen LogP contribution in [0.2, 0.25) is 0 Å². The highest BCUT2D eigenvalue weighted by molar-refractivity contribution is 7.92. The van der Waals surface area contributed by atoms with Gasteiger partial charge in [0.05, 0.1) is 27.8 Å². The summed E-state index contributed by atoms with van der Waals surface area (Å²) in [4.78, 5) is 15.2. The van der Waals surface area contributed by atoms with E-state index in [1.807, 2.05) is 0 Å². The Kier molecular flexibility index (Phi) is 3.14. The third-order valence-electron chi connectivity index (χ3n) is 3.95. The van der Waals surface area contributed by atoms with Crippen LogP contribution in [0.25, 0.3) is 10.9 Å². The Balaban J connectivity index is 1.91. The summed E-state index contributed by atoms with van der Waals surface area (Å²) in [5.74, 6) is -0.467. The minimum absolute atomic E-state index is 0.186. The largest absolute Gasteiger partial charge is 0.461 e. The second-order valence-electron chi connectivity index (χ2n) is 5.46. The van der Waals surface area contributed by atoms with Crippen LogP contribution in [-0.4, -0.2) is 26.0 Å². The Morgan fingerprint density at radius 1 is 1.08 bits per heavy atom. The first-order valence-electron chi connectivity index (χ1n) is 7.46. The molecule has 1 aromatic heterocycles. The number of carbonyl (C=O) groups is 1. The number of benzene rings is 2. The van der Waals surface area contributed by atoms with Crippen LogP contribution in [0.3, 0.4) is 0 Å². The monoisotopic (exact) mass is 342 g/mol. The van der Waals surface area contributed by atoms with E-state index >= 15 is 0 Å². The standard InChI is InChI=1S/C17H14N2O4S/c1-2-23-17(20)14-8-10-7-13-16(9-12(10)19-14)24(21,22)15-6-4-3-5-11(15)18-13/h3-9,18-19H,2H2,1H3. The van der Waals surface area contributed by atoms with Crippen molar-refractivity contribution in [3.63, 3.8) is 0 Å². The molecule has 2 N–H and O–H groups in total.